The number of fused-ring (bicyclic) bond motifs is 6. The number of aromatic amines is 1. The molecule has 7 heterocycles. The van der Waals surface area contributed by atoms with Crippen molar-refractivity contribution in [3.8, 4) is 11.3 Å². The van der Waals surface area contributed by atoms with E-state index in [1.165, 1.54) is 23.9 Å². The van der Waals surface area contributed by atoms with Crippen LogP contribution in [0.1, 0.15) is 168 Å². The van der Waals surface area contributed by atoms with Crippen LogP contribution in [-0.4, -0.2) is 301 Å². The number of benzene rings is 2. The molecule has 5 aliphatic rings. The SMILES string of the molecule is CO[C@H]1C[C@@H]2CC[C@@H](C)[C@@](O)(O2)C(=O)C(=O)N2CCCC[C@H]2C(=O)O[C@H]([C@H](C)C[C@@H]2CC[C@@H](OC(=O)CCCOCCOCCOCCOCCOCCOCCOCCOCCOCCOCCC(=O)N3CCc4cc(Cn5nc(-c6ccc7[nH]ccc7c6)c6c(N)ncnc65)ccc4C3)[C@H](OC)C2)CC[C@H](C)/C=C(\C)[C@@H](O)[C@@H](OC)C(=O)[C@H](C)C[C@H](C)/C=C/C=C/C=C/1C. The summed E-state index contributed by atoms with van der Waals surface area (Å²) in [6.07, 6.45) is 18.6. The highest BCUT2D eigenvalue weighted by molar-refractivity contribution is 6.39. The van der Waals surface area contributed by atoms with Gasteiger partial charge >= 0.3 is 11.9 Å². The van der Waals surface area contributed by atoms with E-state index in [0.717, 1.165) is 57.1 Å². The van der Waals surface area contributed by atoms with Crippen molar-refractivity contribution in [1.29, 1.82) is 0 Å². The largest absolute Gasteiger partial charge is 0.461 e. The number of anilines is 1. The van der Waals surface area contributed by atoms with Crippen LogP contribution in [-0.2, 0) is 124 Å². The lowest BCUT2D eigenvalue weighted by Gasteiger charge is -2.42. The predicted octanol–water partition coefficient (Wildman–Crippen LogP) is 11.4. The summed E-state index contributed by atoms with van der Waals surface area (Å²) in [4.78, 5) is 99.4. The highest BCUT2D eigenvalue weighted by Gasteiger charge is 2.53. The molecular weight excluding hydrogens is 1690 g/mol. The number of Topliss-reactive ketones (excluding diaryl/α,β-unsaturated/α-hetero) is 2. The number of ketones is 2. The van der Waals surface area contributed by atoms with Crippen LogP contribution in [0.25, 0.3) is 33.2 Å². The molecule has 15 atom stereocenters. The molecule has 131 heavy (non-hydrogen) atoms. The van der Waals surface area contributed by atoms with Crippen LogP contribution in [0.2, 0.25) is 0 Å². The van der Waals surface area contributed by atoms with Gasteiger partial charge in [-0.3, -0.25) is 24.0 Å². The van der Waals surface area contributed by atoms with Crippen LogP contribution in [0.5, 0.6) is 0 Å². The number of cyclic esters (lactones) is 1. The van der Waals surface area contributed by atoms with Gasteiger partial charge in [0.25, 0.3) is 11.7 Å². The molecule has 3 fully saturated rings. The van der Waals surface area contributed by atoms with E-state index in [1.807, 2.05) is 105 Å². The van der Waals surface area contributed by atoms with Crippen LogP contribution < -0.4 is 5.73 Å². The van der Waals surface area contributed by atoms with E-state index >= 15 is 0 Å². The Morgan fingerprint density at radius 1 is 0.649 bits per heavy atom. The van der Waals surface area contributed by atoms with Crippen molar-refractivity contribution >= 4 is 63.1 Å². The maximum Gasteiger partial charge on any atom is 0.329 e. The van der Waals surface area contributed by atoms with Crippen LogP contribution in [0.4, 0.5) is 5.82 Å². The van der Waals surface area contributed by atoms with E-state index < -0.39 is 77.9 Å². The normalized spacial score (nSPS) is 26.5. The molecule has 0 spiro atoms. The monoisotopic (exact) mass is 1830 g/mol. The number of amides is 2. The van der Waals surface area contributed by atoms with Gasteiger partial charge in [0.15, 0.2) is 11.4 Å². The molecule has 3 aromatic heterocycles. The third kappa shape index (κ3) is 32.6. The number of ether oxygens (including phenoxy) is 16. The Balaban J connectivity index is 0.518. The quantitative estimate of drug-likeness (QED) is 0.0122. The molecule has 32 heteroatoms. The van der Waals surface area contributed by atoms with E-state index in [2.05, 4.69) is 39.2 Å². The Kier molecular flexibility index (Phi) is 44.6. The fourth-order valence-electron chi connectivity index (χ4n) is 18.0. The summed E-state index contributed by atoms with van der Waals surface area (Å²) in [7, 11) is 4.64. The molecule has 2 saturated heterocycles. The molecule has 0 radical (unpaired) electrons. The molecule has 726 valence electrons. The zero-order valence-corrected chi connectivity index (χ0v) is 78.9. The lowest BCUT2D eigenvalue weighted by Crippen LogP contribution is -2.61. The summed E-state index contributed by atoms with van der Waals surface area (Å²) in [5.74, 6) is -6.55. The molecule has 2 amide bonds. The van der Waals surface area contributed by atoms with Crippen molar-refractivity contribution in [2.24, 2.45) is 35.5 Å². The molecular formula is C99H146N8O24. The number of H-pyrrole nitrogens is 1. The number of hydrogen-bond acceptors (Lipinski definition) is 28. The molecule has 2 aromatic carbocycles. The average Bonchev–Trinajstić information content (AvgIpc) is 1.67. The minimum absolute atomic E-state index is 0.0322. The molecule has 4 aliphatic heterocycles. The van der Waals surface area contributed by atoms with Gasteiger partial charge in [0.05, 0.1) is 162 Å². The average molecular weight is 1830 g/mol. The molecule has 1 aliphatic carbocycles. The third-order valence-electron chi connectivity index (χ3n) is 25.6. The number of piperidine rings is 1. The predicted molar refractivity (Wildman–Crippen MR) is 492 cm³/mol. The smallest absolute Gasteiger partial charge is 0.329 e. The third-order valence-corrected chi connectivity index (χ3v) is 25.6. The van der Waals surface area contributed by atoms with Crippen molar-refractivity contribution in [1.82, 2.24) is 34.5 Å². The first-order valence-corrected chi connectivity index (χ1v) is 47.3. The van der Waals surface area contributed by atoms with E-state index in [0.29, 0.717) is 252 Å². The van der Waals surface area contributed by atoms with Crippen LogP contribution >= 0.6 is 0 Å². The van der Waals surface area contributed by atoms with Gasteiger partial charge in [-0.2, -0.15) is 5.10 Å². The molecule has 5 N–H and O–H groups in total. The summed E-state index contributed by atoms with van der Waals surface area (Å²) in [5.41, 5.74) is 14.7. The lowest BCUT2D eigenvalue weighted by atomic mass is 9.78. The van der Waals surface area contributed by atoms with Crippen molar-refractivity contribution in [3.05, 3.63) is 119 Å². The number of nitrogen functional groups attached to an aromatic ring is 1. The van der Waals surface area contributed by atoms with Gasteiger partial charge in [-0.15, -0.1) is 0 Å². The number of methoxy groups -OCH3 is 3. The Labute approximate surface area is 772 Å². The molecule has 1 saturated carbocycles. The number of aromatic nitrogens is 5. The highest BCUT2D eigenvalue weighted by atomic mass is 16.6. The first-order chi connectivity index (χ1) is 63.5. The number of hydrogen-bond donors (Lipinski definition) is 4. The van der Waals surface area contributed by atoms with Crippen molar-refractivity contribution in [2.75, 3.05) is 172 Å². The van der Waals surface area contributed by atoms with Gasteiger partial charge in [-0.1, -0.05) is 95.3 Å². The van der Waals surface area contributed by atoms with E-state index in [9.17, 15) is 39.0 Å². The number of carbonyl (C=O) groups excluding carboxylic acids is 6. The van der Waals surface area contributed by atoms with Gasteiger partial charge in [0.2, 0.25) is 11.7 Å². The molecule has 5 aromatic rings. The van der Waals surface area contributed by atoms with Gasteiger partial charge < -0.3 is 107 Å². The fraction of sp³-hybridized carbons (Fsp3) is 0.667. The number of aliphatic hydroxyl groups is 2. The second-order valence-corrected chi connectivity index (χ2v) is 35.5. The highest BCUT2D eigenvalue weighted by Crippen LogP contribution is 2.40. The van der Waals surface area contributed by atoms with Gasteiger partial charge in [0.1, 0.15) is 48.3 Å². The molecule has 0 unspecified atom stereocenters. The number of allylic oxidation sites excluding steroid dienone is 6. The number of aliphatic hydroxyl groups excluding tert-OH is 1. The fourth-order valence-corrected chi connectivity index (χ4v) is 18.0. The maximum absolute atomic E-state index is 14.8. The zero-order chi connectivity index (χ0) is 93.4. The summed E-state index contributed by atoms with van der Waals surface area (Å²) in [6, 6.07) is 13.5. The van der Waals surface area contributed by atoms with E-state index in [1.54, 1.807) is 28.1 Å². The van der Waals surface area contributed by atoms with E-state index in [4.69, 9.17) is 86.6 Å². The Morgan fingerprint density at radius 2 is 1.31 bits per heavy atom. The standard InChI is InChI=1S/C99H146N8O24/c1-67-17-12-11-13-18-69(3)85(116-8)63-80-27-22-73(7)99(115,131-80)94(112)97(113)106-35-15-14-19-82(106)98(114)130-83(29-21-68(2)58-72(6)92(111)93(118-10)91(110)71(5)57-67)70(4)59-74-24-30-84(86(61-74)117-9)129-88(109)20-16-37-119-39-41-121-43-45-123-47-49-125-51-53-127-55-56-128-54-52-126-50-48-124-46-44-122-42-40-120-38-33-87(108)105-36-32-76-60-75(23-25-79(76)65-105)64-107-96-89(95(100)102-66-103-96)90(104-107)78-26-28-81-77(62-78)31-34-101-81/h11-13,17-18,23,25-26,28,31,34,58,60,62,66-68,70-71,73-74,80,82-86,92-93,101,111,115H,14-16,19-22,24,27,29-30,32-33,35-57,59,61,63-65H2,1-10H3,(H2,100,102,103)/b13-11+,17-12+,69-18+,72-58+/t67-,68+,70-,71-,73-,74+,80+,82+,83+,84-,85+,86-,92-,93+,99-/m1/s1. The summed E-state index contributed by atoms with van der Waals surface area (Å²) < 4.78 is 94.7. The number of rotatable bonds is 44. The first-order valence-electron chi connectivity index (χ1n) is 47.3. The summed E-state index contributed by atoms with van der Waals surface area (Å²) >= 11 is 0. The van der Waals surface area contributed by atoms with Crippen LogP contribution in [0.15, 0.2) is 103 Å². The second kappa shape index (κ2) is 55.6. The van der Waals surface area contributed by atoms with Gasteiger partial charge in [-0.25, -0.2) is 19.4 Å². The van der Waals surface area contributed by atoms with Crippen molar-refractivity contribution in [2.45, 2.75) is 225 Å². The number of nitrogens with zero attached hydrogens (tertiary/aromatic N) is 6. The summed E-state index contributed by atoms with van der Waals surface area (Å²) in [6.45, 7) is 23.3. The minimum atomic E-state index is -2.43. The second-order valence-electron chi connectivity index (χ2n) is 35.5. The number of esters is 2. The Bertz CT molecular complexity index is 4480. The summed E-state index contributed by atoms with van der Waals surface area (Å²) in [5, 5.41) is 30.6. The molecule has 32 nitrogen and oxygen atoms in total. The Morgan fingerprint density at radius 3 is 1.95 bits per heavy atom. The van der Waals surface area contributed by atoms with Crippen molar-refractivity contribution < 1.29 is 115 Å². The molecule has 2 bridgehead atoms. The van der Waals surface area contributed by atoms with Gasteiger partial charge in [0, 0.05) is 94.9 Å². The Hall–Kier alpha value is -8.13. The maximum atomic E-state index is 14.8. The number of carbonyl (C=O) groups is 6. The first kappa shape index (κ1) is 105. The topological polar surface area (TPSA) is 382 Å². The lowest BCUT2D eigenvalue weighted by molar-refractivity contribution is -0.265. The number of nitrogens with two attached hydrogens (primary N) is 1. The van der Waals surface area contributed by atoms with Crippen molar-refractivity contribution in [3.63, 3.8) is 0 Å². The number of nitrogens with one attached hydrogen (secondary N) is 1. The minimum Gasteiger partial charge on any atom is -0.461 e. The van der Waals surface area contributed by atoms with Gasteiger partial charge in [-0.05, 0) is 173 Å². The zero-order valence-electron chi connectivity index (χ0n) is 78.9. The van der Waals surface area contributed by atoms with Crippen LogP contribution in [0.3, 0.4) is 0 Å². The van der Waals surface area contributed by atoms with E-state index in [-0.39, 0.29) is 66.8 Å². The molecule has 10 rings (SSSR count). The van der Waals surface area contributed by atoms with Crippen LogP contribution in [0, 0.1) is 35.5 Å².